The van der Waals surface area contributed by atoms with Crippen LogP contribution in [-0.2, 0) is 13.0 Å². The van der Waals surface area contributed by atoms with Crippen LogP contribution in [0, 0.1) is 0 Å². The van der Waals surface area contributed by atoms with Crippen LogP contribution >= 0.6 is 0 Å². The lowest BCUT2D eigenvalue weighted by atomic mass is 9.93. The monoisotopic (exact) mass is 240 g/mol. The van der Waals surface area contributed by atoms with Crippen LogP contribution in [0.15, 0.2) is 24.7 Å². The molecular weight excluding hydrogens is 224 g/mol. The molecule has 0 fully saturated rings. The maximum atomic E-state index is 4.07. The van der Waals surface area contributed by atoms with Crippen molar-refractivity contribution in [1.29, 1.82) is 0 Å². The van der Waals surface area contributed by atoms with Crippen LogP contribution < -0.4 is 5.32 Å². The standard InChI is InChI=1S/C14H16N4/c1-2-10-6-15-4-5-18-9-13(11-7-16-17-8-11)12(3-1)14(10)18/h2,7-9,15H,1,3-6H2,(H,16,17). The van der Waals surface area contributed by atoms with Gasteiger partial charge in [-0.15, -0.1) is 0 Å². The van der Waals surface area contributed by atoms with Crippen molar-refractivity contribution in [1.82, 2.24) is 20.1 Å². The molecular formula is C14H16N4. The lowest BCUT2D eigenvalue weighted by Gasteiger charge is -2.15. The first-order valence-corrected chi connectivity index (χ1v) is 6.55. The van der Waals surface area contributed by atoms with Crippen molar-refractivity contribution in [3.05, 3.63) is 35.9 Å². The van der Waals surface area contributed by atoms with Gasteiger partial charge in [0.1, 0.15) is 0 Å². The first-order chi connectivity index (χ1) is 8.93. The first-order valence-electron chi connectivity index (χ1n) is 6.55. The normalized spacial score (nSPS) is 18.1. The van der Waals surface area contributed by atoms with Crippen LogP contribution in [0.25, 0.3) is 16.7 Å². The first kappa shape index (κ1) is 10.1. The quantitative estimate of drug-likeness (QED) is 0.798. The fraction of sp³-hybridized carbons (Fsp3) is 0.357. The molecule has 92 valence electrons. The van der Waals surface area contributed by atoms with E-state index < -0.39 is 0 Å². The predicted molar refractivity (Wildman–Crippen MR) is 71.2 cm³/mol. The van der Waals surface area contributed by atoms with E-state index in [-0.39, 0.29) is 0 Å². The minimum absolute atomic E-state index is 1.00. The Morgan fingerprint density at radius 1 is 1.33 bits per heavy atom. The molecule has 3 heterocycles. The van der Waals surface area contributed by atoms with Gasteiger partial charge in [0.25, 0.3) is 0 Å². The molecule has 1 aliphatic heterocycles. The molecule has 2 aliphatic rings. The summed E-state index contributed by atoms with van der Waals surface area (Å²) < 4.78 is 2.41. The largest absolute Gasteiger partial charge is 0.346 e. The number of H-pyrrole nitrogens is 1. The van der Waals surface area contributed by atoms with Crippen molar-refractivity contribution in [2.45, 2.75) is 19.4 Å². The number of nitrogens with one attached hydrogen (secondary N) is 2. The third kappa shape index (κ3) is 1.39. The maximum Gasteiger partial charge on any atom is 0.0566 e. The zero-order valence-corrected chi connectivity index (χ0v) is 10.2. The van der Waals surface area contributed by atoms with Gasteiger partial charge < -0.3 is 9.88 Å². The third-order valence-electron chi connectivity index (χ3n) is 3.93. The molecule has 2 aromatic rings. The topological polar surface area (TPSA) is 45.6 Å². The van der Waals surface area contributed by atoms with Gasteiger partial charge in [0.2, 0.25) is 0 Å². The molecule has 0 amide bonds. The lowest BCUT2D eigenvalue weighted by molar-refractivity contribution is 0.650. The smallest absolute Gasteiger partial charge is 0.0566 e. The van der Waals surface area contributed by atoms with E-state index in [0.717, 1.165) is 32.5 Å². The number of hydrogen-bond donors (Lipinski definition) is 2. The van der Waals surface area contributed by atoms with E-state index in [1.165, 1.54) is 28.0 Å². The molecule has 2 aromatic heterocycles. The molecule has 18 heavy (non-hydrogen) atoms. The van der Waals surface area contributed by atoms with Gasteiger partial charge in [0.05, 0.1) is 6.20 Å². The molecule has 1 aliphatic carbocycles. The highest BCUT2D eigenvalue weighted by molar-refractivity contribution is 5.78. The summed E-state index contributed by atoms with van der Waals surface area (Å²) in [5, 5.41) is 10.5. The van der Waals surface area contributed by atoms with E-state index in [4.69, 9.17) is 0 Å². The van der Waals surface area contributed by atoms with E-state index >= 15 is 0 Å². The Hall–Kier alpha value is -1.81. The van der Waals surface area contributed by atoms with Crippen LogP contribution in [0.4, 0.5) is 0 Å². The van der Waals surface area contributed by atoms with Crippen molar-refractivity contribution in [3.8, 4) is 11.1 Å². The molecule has 0 unspecified atom stereocenters. The molecule has 2 N–H and O–H groups in total. The Bertz CT molecular complexity index is 604. The Labute approximate surface area is 106 Å². The summed E-state index contributed by atoms with van der Waals surface area (Å²) in [5.41, 5.74) is 6.97. The summed E-state index contributed by atoms with van der Waals surface area (Å²) in [5.74, 6) is 0. The summed E-state index contributed by atoms with van der Waals surface area (Å²) in [4.78, 5) is 0. The van der Waals surface area contributed by atoms with Crippen molar-refractivity contribution in [2.24, 2.45) is 0 Å². The Morgan fingerprint density at radius 3 is 3.22 bits per heavy atom. The number of allylic oxidation sites excluding steroid dienone is 1. The van der Waals surface area contributed by atoms with E-state index in [1.807, 2.05) is 12.4 Å². The van der Waals surface area contributed by atoms with Gasteiger partial charge in [-0.2, -0.15) is 5.10 Å². The Kier molecular flexibility index (Phi) is 2.17. The second-order valence-corrected chi connectivity index (χ2v) is 5.00. The third-order valence-corrected chi connectivity index (χ3v) is 3.93. The second kappa shape index (κ2) is 3.85. The minimum Gasteiger partial charge on any atom is -0.346 e. The average Bonchev–Trinajstić information content (AvgIpc) is 2.97. The predicted octanol–water partition coefficient (Wildman–Crippen LogP) is 1.81. The highest BCUT2D eigenvalue weighted by atomic mass is 15.1. The van der Waals surface area contributed by atoms with Gasteiger partial charge in [-0.25, -0.2) is 0 Å². The molecule has 0 spiro atoms. The zero-order chi connectivity index (χ0) is 11.9. The Morgan fingerprint density at radius 2 is 2.33 bits per heavy atom. The lowest BCUT2D eigenvalue weighted by Crippen LogP contribution is -2.17. The van der Waals surface area contributed by atoms with Gasteiger partial charge in [0, 0.05) is 48.8 Å². The SMILES string of the molecule is C1=C2CNCCn3cc(-c4cn[nH]c4)c(c32)CC1. The van der Waals surface area contributed by atoms with E-state index in [1.54, 1.807) is 0 Å². The maximum absolute atomic E-state index is 4.07. The average molecular weight is 240 g/mol. The van der Waals surface area contributed by atoms with Crippen LogP contribution in [-0.4, -0.2) is 27.9 Å². The van der Waals surface area contributed by atoms with Crippen molar-refractivity contribution in [2.75, 3.05) is 13.1 Å². The molecule has 0 aromatic carbocycles. The fourth-order valence-corrected chi connectivity index (χ4v) is 3.12. The number of aromatic amines is 1. The number of rotatable bonds is 1. The van der Waals surface area contributed by atoms with Gasteiger partial charge in [-0.3, -0.25) is 5.10 Å². The number of aromatic nitrogens is 3. The number of hydrogen-bond acceptors (Lipinski definition) is 2. The van der Waals surface area contributed by atoms with Gasteiger partial charge in [-0.1, -0.05) is 6.08 Å². The zero-order valence-electron chi connectivity index (χ0n) is 10.2. The van der Waals surface area contributed by atoms with E-state index in [0.29, 0.717) is 0 Å². The van der Waals surface area contributed by atoms with Crippen LogP contribution in [0.5, 0.6) is 0 Å². The highest BCUT2D eigenvalue weighted by Crippen LogP contribution is 2.36. The summed E-state index contributed by atoms with van der Waals surface area (Å²) in [6.07, 6.45) is 10.9. The van der Waals surface area contributed by atoms with Gasteiger partial charge in [-0.05, 0) is 24.0 Å². The second-order valence-electron chi connectivity index (χ2n) is 5.00. The summed E-state index contributed by atoms with van der Waals surface area (Å²) in [6, 6.07) is 0. The molecule has 4 rings (SSSR count). The van der Waals surface area contributed by atoms with E-state index in [9.17, 15) is 0 Å². The van der Waals surface area contributed by atoms with Crippen LogP contribution in [0.1, 0.15) is 17.7 Å². The fourth-order valence-electron chi connectivity index (χ4n) is 3.12. The molecule has 0 radical (unpaired) electrons. The van der Waals surface area contributed by atoms with Gasteiger partial charge >= 0.3 is 0 Å². The van der Waals surface area contributed by atoms with Gasteiger partial charge in [0.15, 0.2) is 0 Å². The van der Waals surface area contributed by atoms with E-state index in [2.05, 4.69) is 32.4 Å². The molecule has 0 saturated heterocycles. The highest BCUT2D eigenvalue weighted by Gasteiger charge is 2.23. The van der Waals surface area contributed by atoms with Crippen molar-refractivity contribution < 1.29 is 0 Å². The molecule has 4 heteroatoms. The molecule has 0 saturated carbocycles. The number of nitrogens with zero attached hydrogens (tertiary/aromatic N) is 2. The van der Waals surface area contributed by atoms with Crippen molar-refractivity contribution in [3.63, 3.8) is 0 Å². The van der Waals surface area contributed by atoms with Crippen molar-refractivity contribution >= 4 is 5.57 Å². The van der Waals surface area contributed by atoms with Crippen LogP contribution in [0.2, 0.25) is 0 Å². The molecule has 4 nitrogen and oxygen atoms in total. The minimum atomic E-state index is 1.00. The summed E-state index contributed by atoms with van der Waals surface area (Å²) in [6.45, 7) is 3.10. The summed E-state index contributed by atoms with van der Waals surface area (Å²) >= 11 is 0. The molecule has 0 bridgehead atoms. The Balaban J connectivity index is 1.94. The van der Waals surface area contributed by atoms with Crippen LogP contribution in [0.3, 0.4) is 0 Å². The molecule has 0 atom stereocenters. The summed E-state index contributed by atoms with van der Waals surface area (Å²) in [7, 11) is 0.